The lowest BCUT2D eigenvalue weighted by molar-refractivity contribution is -0.117. The summed E-state index contributed by atoms with van der Waals surface area (Å²) in [5.74, 6) is 1.49. The van der Waals surface area contributed by atoms with E-state index in [0.717, 1.165) is 24.3 Å². The number of piperidine rings is 1. The monoisotopic (exact) mass is 302 g/mol. The number of benzene rings is 1. The molecule has 0 saturated carbocycles. The first kappa shape index (κ1) is 15.3. The maximum absolute atomic E-state index is 12.2. The molecule has 0 aliphatic carbocycles. The minimum atomic E-state index is 0.129. The summed E-state index contributed by atoms with van der Waals surface area (Å²) in [4.78, 5) is 12.2. The van der Waals surface area contributed by atoms with Gasteiger partial charge in [-0.2, -0.15) is 0 Å². The zero-order valence-corrected chi connectivity index (χ0v) is 13.5. The second-order valence-corrected chi connectivity index (χ2v) is 6.92. The van der Waals surface area contributed by atoms with Crippen LogP contribution in [0.15, 0.2) is 24.3 Å². The first-order valence-electron chi connectivity index (χ1n) is 8.41. The molecule has 22 heavy (non-hydrogen) atoms. The van der Waals surface area contributed by atoms with Gasteiger partial charge in [-0.25, -0.2) is 0 Å². The predicted molar refractivity (Wildman–Crippen MR) is 88.1 cm³/mol. The van der Waals surface area contributed by atoms with E-state index >= 15 is 0 Å². The molecule has 2 saturated heterocycles. The van der Waals surface area contributed by atoms with Crippen LogP contribution in [0.5, 0.6) is 5.75 Å². The van der Waals surface area contributed by atoms with E-state index in [-0.39, 0.29) is 12.0 Å². The number of anilines is 1. The highest BCUT2D eigenvalue weighted by Crippen LogP contribution is 2.32. The van der Waals surface area contributed by atoms with Crippen LogP contribution in [0.1, 0.15) is 46.0 Å². The van der Waals surface area contributed by atoms with Crippen molar-refractivity contribution in [3.8, 4) is 5.75 Å². The Kier molecular flexibility index (Phi) is 4.67. The van der Waals surface area contributed by atoms with Gasteiger partial charge in [0, 0.05) is 24.2 Å². The first-order chi connectivity index (χ1) is 10.6. The zero-order chi connectivity index (χ0) is 15.5. The quantitative estimate of drug-likeness (QED) is 0.877. The molecule has 4 heteroatoms. The highest BCUT2D eigenvalue weighted by Gasteiger charge is 2.34. The van der Waals surface area contributed by atoms with E-state index in [2.05, 4.69) is 10.6 Å². The zero-order valence-electron chi connectivity index (χ0n) is 13.5. The smallest absolute Gasteiger partial charge is 0.224 e. The highest BCUT2D eigenvalue weighted by molar-refractivity contribution is 5.90. The molecule has 0 aromatic heterocycles. The maximum Gasteiger partial charge on any atom is 0.224 e. The fourth-order valence-electron chi connectivity index (χ4n) is 3.70. The summed E-state index contributed by atoms with van der Waals surface area (Å²) >= 11 is 0. The molecule has 2 unspecified atom stereocenters. The van der Waals surface area contributed by atoms with E-state index in [1.165, 1.54) is 12.8 Å². The van der Waals surface area contributed by atoms with Crippen molar-refractivity contribution in [2.24, 2.45) is 5.92 Å². The number of carbonyl (C=O) groups is 1. The van der Waals surface area contributed by atoms with Crippen molar-refractivity contribution in [2.45, 2.75) is 64.1 Å². The molecule has 2 aliphatic rings. The van der Waals surface area contributed by atoms with Gasteiger partial charge in [0.2, 0.25) is 5.91 Å². The Bertz CT molecular complexity index is 500. The summed E-state index contributed by atoms with van der Waals surface area (Å²) in [5, 5.41) is 6.62. The molecule has 120 valence electrons. The van der Waals surface area contributed by atoms with Crippen molar-refractivity contribution < 1.29 is 9.53 Å². The van der Waals surface area contributed by atoms with Gasteiger partial charge >= 0.3 is 0 Å². The highest BCUT2D eigenvalue weighted by atomic mass is 16.5. The largest absolute Gasteiger partial charge is 0.491 e. The Labute approximate surface area is 132 Å². The van der Waals surface area contributed by atoms with Crippen molar-refractivity contribution >= 4 is 11.6 Å². The predicted octanol–water partition coefficient (Wildman–Crippen LogP) is 3.33. The summed E-state index contributed by atoms with van der Waals surface area (Å²) in [5.41, 5.74) is 0.845. The minimum Gasteiger partial charge on any atom is -0.491 e. The number of ether oxygens (including phenoxy) is 1. The number of fused-ring (bicyclic) bond motifs is 2. The molecule has 0 spiro atoms. The van der Waals surface area contributed by atoms with Crippen LogP contribution in [0.2, 0.25) is 0 Å². The average Bonchev–Trinajstić information content (AvgIpc) is 2.79. The molecule has 2 atom stereocenters. The van der Waals surface area contributed by atoms with Crippen molar-refractivity contribution in [3.05, 3.63) is 24.3 Å². The van der Waals surface area contributed by atoms with Crippen molar-refractivity contribution in [1.29, 1.82) is 0 Å². The van der Waals surface area contributed by atoms with Gasteiger partial charge in [-0.15, -0.1) is 0 Å². The third kappa shape index (κ3) is 4.01. The summed E-state index contributed by atoms with van der Waals surface area (Å²) in [6.07, 6.45) is 5.64. The van der Waals surface area contributed by atoms with E-state index < -0.39 is 0 Å². The van der Waals surface area contributed by atoms with Gasteiger partial charge in [-0.3, -0.25) is 4.79 Å². The van der Waals surface area contributed by atoms with Gasteiger partial charge in [0.15, 0.2) is 0 Å². The van der Waals surface area contributed by atoms with Crippen molar-refractivity contribution in [3.63, 3.8) is 0 Å². The number of hydrogen-bond donors (Lipinski definition) is 2. The first-order valence-corrected chi connectivity index (χ1v) is 8.41. The molecular formula is C18H26N2O2. The van der Waals surface area contributed by atoms with Crippen LogP contribution < -0.4 is 15.4 Å². The van der Waals surface area contributed by atoms with Crippen LogP contribution in [0, 0.1) is 5.92 Å². The van der Waals surface area contributed by atoms with E-state index in [9.17, 15) is 4.79 Å². The van der Waals surface area contributed by atoms with Gasteiger partial charge in [-0.05, 0) is 69.7 Å². The van der Waals surface area contributed by atoms with E-state index in [0.29, 0.717) is 24.4 Å². The Morgan fingerprint density at radius 2 is 1.86 bits per heavy atom. The molecule has 1 aromatic rings. The third-order valence-electron chi connectivity index (χ3n) is 4.55. The lowest BCUT2D eigenvalue weighted by Crippen LogP contribution is -2.39. The number of rotatable bonds is 5. The van der Waals surface area contributed by atoms with Gasteiger partial charge < -0.3 is 15.4 Å². The normalized spacial score (nSPS) is 27.0. The summed E-state index contributed by atoms with van der Waals surface area (Å²) in [6.45, 7) is 4.00. The second-order valence-electron chi connectivity index (χ2n) is 6.92. The average molecular weight is 302 g/mol. The van der Waals surface area contributed by atoms with Gasteiger partial charge in [-0.1, -0.05) is 0 Å². The topological polar surface area (TPSA) is 50.4 Å². The molecule has 0 radical (unpaired) electrons. The fourth-order valence-corrected chi connectivity index (χ4v) is 3.70. The molecule has 2 bridgehead atoms. The lowest BCUT2D eigenvalue weighted by atomic mass is 9.89. The van der Waals surface area contributed by atoms with Crippen LogP contribution in [0.4, 0.5) is 5.69 Å². The Hall–Kier alpha value is -1.55. The lowest BCUT2D eigenvalue weighted by Gasteiger charge is -2.28. The Morgan fingerprint density at radius 1 is 1.23 bits per heavy atom. The molecule has 2 fully saturated rings. The van der Waals surface area contributed by atoms with Crippen LogP contribution in [0.3, 0.4) is 0 Å². The van der Waals surface area contributed by atoms with Crippen LogP contribution in [0.25, 0.3) is 0 Å². The number of amides is 1. The standard InChI is InChI=1S/C18H26N2O2/c1-12(2)22-17-7-5-14(6-8-17)20-18(21)11-13-9-15-3-4-16(10-13)19-15/h5-8,12-13,15-16,19H,3-4,9-11H2,1-2H3,(H,20,21). The SMILES string of the molecule is CC(C)Oc1ccc(NC(=O)CC2CC3CCC(C2)N3)cc1. The van der Waals surface area contributed by atoms with E-state index in [1.54, 1.807) is 0 Å². The summed E-state index contributed by atoms with van der Waals surface area (Å²) < 4.78 is 5.61. The summed E-state index contributed by atoms with van der Waals surface area (Å²) in [7, 11) is 0. The molecule has 2 N–H and O–H groups in total. The molecule has 2 heterocycles. The van der Waals surface area contributed by atoms with Gasteiger partial charge in [0.25, 0.3) is 0 Å². The number of hydrogen-bond acceptors (Lipinski definition) is 3. The van der Waals surface area contributed by atoms with Crippen molar-refractivity contribution in [2.75, 3.05) is 5.32 Å². The fraction of sp³-hybridized carbons (Fsp3) is 0.611. The number of nitrogens with one attached hydrogen (secondary N) is 2. The third-order valence-corrected chi connectivity index (χ3v) is 4.55. The molecule has 4 nitrogen and oxygen atoms in total. The van der Waals surface area contributed by atoms with Crippen LogP contribution in [-0.4, -0.2) is 24.1 Å². The van der Waals surface area contributed by atoms with Gasteiger partial charge in [0.1, 0.15) is 5.75 Å². The molecule has 1 aromatic carbocycles. The van der Waals surface area contributed by atoms with Crippen molar-refractivity contribution in [1.82, 2.24) is 5.32 Å². The van der Waals surface area contributed by atoms with Crippen LogP contribution in [-0.2, 0) is 4.79 Å². The molecular weight excluding hydrogens is 276 g/mol. The molecule has 1 amide bonds. The molecule has 2 aliphatic heterocycles. The van der Waals surface area contributed by atoms with E-state index in [4.69, 9.17) is 4.74 Å². The number of carbonyl (C=O) groups excluding carboxylic acids is 1. The molecule has 3 rings (SSSR count). The van der Waals surface area contributed by atoms with Crippen LogP contribution >= 0.6 is 0 Å². The summed E-state index contributed by atoms with van der Waals surface area (Å²) in [6, 6.07) is 8.90. The van der Waals surface area contributed by atoms with E-state index in [1.807, 2.05) is 38.1 Å². The Morgan fingerprint density at radius 3 is 2.45 bits per heavy atom. The second kappa shape index (κ2) is 6.69. The minimum absolute atomic E-state index is 0.129. The Balaban J connectivity index is 1.49. The van der Waals surface area contributed by atoms with Gasteiger partial charge in [0.05, 0.1) is 6.10 Å². The maximum atomic E-state index is 12.2.